The molecule has 0 saturated heterocycles. The molecule has 2 rings (SSSR count). The second-order valence-electron chi connectivity index (χ2n) is 4.90. The normalized spacial score (nSPS) is 14.9. The van der Waals surface area contributed by atoms with Crippen LogP contribution in [0.5, 0.6) is 0 Å². The molecule has 0 aromatic heterocycles. The summed E-state index contributed by atoms with van der Waals surface area (Å²) < 4.78 is 0. The van der Waals surface area contributed by atoms with Gasteiger partial charge in [-0.2, -0.15) is 0 Å². The molecule has 1 amide bonds. The van der Waals surface area contributed by atoms with Gasteiger partial charge in [-0.3, -0.25) is 4.79 Å². The van der Waals surface area contributed by atoms with Crippen molar-refractivity contribution in [2.45, 2.75) is 26.2 Å². The van der Waals surface area contributed by atoms with E-state index in [1.165, 1.54) is 25.3 Å². The Hall–Kier alpha value is -1.84. The molecule has 96 valence electrons. The molecule has 4 heteroatoms. The topological polar surface area (TPSA) is 66.4 Å². The van der Waals surface area contributed by atoms with Gasteiger partial charge in [0.2, 0.25) is 0 Å². The first-order valence-electron chi connectivity index (χ1n) is 6.19. The molecular weight excluding hydrogens is 230 g/mol. The minimum absolute atomic E-state index is 0.156. The number of benzene rings is 1. The van der Waals surface area contributed by atoms with Gasteiger partial charge in [0.25, 0.3) is 5.91 Å². The van der Waals surface area contributed by atoms with Gasteiger partial charge in [-0.1, -0.05) is 6.42 Å². The van der Waals surface area contributed by atoms with Gasteiger partial charge in [0, 0.05) is 12.1 Å². The van der Waals surface area contributed by atoms with Crippen LogP contribution in [0.3, 0.4) is 0 Å². The van der Waals surface area contributed by atoms with E-state index < -0.39 is 5.97 Å². The fraction of sp³-hybridized carbons (Fsp3) is 0.429. The van der Waals surface area contributed by atoms with Crippen molar-refractivity contribution in [2.75, 3.05) is 6.54 Å². The molecule has 0 heterocycles. The molecule has 1 fully saturated rings. The molecule has 4 nitrogen and oxygen atoms in total. The quantitative estimate of drug-likeness (QED) is 0.857. The lowest BCUT2D eigenvalue weighted by Gasteiger charge is -2.25. The van der Waals surface area contributed by atoms with Crippen LogP contribution in [0.15, 0.2) is 18.2 Å². The van der Waals surface area contributed by atoms with Crippen molar-refractivity contribution in [3.8, 4) is 0 Å². The predicted molar refractivity (Wildman–Crippen MR) is 67.8 cm³/mol. The number of aromatic carboxylic acids is 1. The SMILES string of the molecule is Cc1cc(C(=O)O)cc(C(=O)NCC2CCC2)c1. The summed E-state index contributed by atoms with van der Waals surface area (Å²) in [7, 11) is 0. The Kier molecular flexibility index (Phi) is 3.65. The molecule has 2 N–H and O–H groups in total. The van der Waals surface area contributed by atoms with Gasteiger partial charge >= 0.3 is 5.97 Å². The van der Waals surface area contributed by atoms with Gasteiger partial charge in [-0.05, 0) is 49.4 Å². The monoisotopic (exact) mass is 247 g/mol. The Morgan fingerprint density at radius 3 is 2.50 bits per heavy atom. The molecule has 18 heavy (non-hydrogen) atoms. The van der Waals surface area contributed by atoms with Crippen molar-refractivity contribution < 1.29 is 14.7 Å². The van der Waals surface area contributed by atoms with E-state index in [1.807, 2.05) is 0 Å². The molecule has 1 aromatic rings. The standard InChI is InChI=1S/C14H17NO3/c1-9-5-11(7-12(6-9)14(17)18)13(16)15-8-10-3-2-4-10/h5-7,10H,2-4,8H2,1H3,(H,15,16)(H,17,18). The molecule has 0 bridgehead atoms. The molecule has 0 radical (unpaired) electrons. The molecule has 1 aliphatic carbocycles. The van der Waals surface area contributed by atoms with Gasteiger partial charge in [0.15, 0.2) is 0 Å². The van der Waals surface area contributed by atoms with Crippen LogP contribution >= 0.6 is 0 Å². The van der Waals surface area contributed by atoms with E-state index >= 15 is 0 Å². The number of amides is 1. The zero-order valence-corrected chi connectivity index (χ0v) is 10.4. The highest BCUT2D eigenvalue weighted by atomic mass is 16.4. The third-order valence-electron chi connectivity index (χ3n) is 3.36. The summed E-state index contributed by atoms with van der Waals surface area (Å²) in [6, 6.07) is 4.69. The fourth-order valence-corrected chi connectivity index (χ4v) is 2.07. The van der Waals surface area contributed by atoms with Crippen molar-refractivity contribution in [1.29, 1.82) is 0 Å². The maximum Gasteiger partial charge on any atom is 0.335 e. The van der Waals surface area contributed by atoms with E-state index in [1.54, 1.807) is 19.1 Å². The highest BCUT2D eigenvalue weighted by Crippen LogP contribution is 2.25. The van der Waals surface area contributed by atoms with Crippen molar-refractivity contribution in [3.63, 3.8) is 0 Å². The van der Waals surface area contributed by atoms with Crippen LogP contribution in [0.2, 0.25) is 0 Å². The van der Waals surface area contributed by atoms with Gasteiger partial charge in [0.05, 0.1) is 5.56 Å². The highest BCUT2D eigenvalue weighted by Gasteiger charge is 2.18. The Bertz CT molecular complexity index is 478. The van der Waals surface area contributed by atoms with Crippen LogP contribution in [-0.4, -0.2) is 23.5 Å². The Morgan fingerprint density at radius 1 is 1.28 bits per heavy atom. The molecule has 1 aromatic carbocycles. The number of nitrogens with one attached hydrogen (secondary N) is 1. The molecular formula is C14H17NO3. The van der Waals surface area contributed by atoms with Gasteiger partial charge in [0.1, 0.15) is 0 Å². The third kappa shape index (κ3) is 2.88. The smallest absolute Gasteiger partial charge is 0.335 e. The predicted octanol–water partition coefficient (Wildman–Crippen LogP) is 2.22. The Labute approximate surface area is 106 Å². The minimum Gasteiger partial charge on any atom is -0.478 e. The molecule has 0 atom stereocenters. The molecule has 0 spiro atoms. The summed E-state index contributed by atoms with van der Waals surface area (Å²) in [6.07, 6.45) is 3.59. The second kappa shape index (κ2) is 5.21. The van der Waals surface area contributed by atoms with Crippen molar-refractivity contribution >= 4 is 11.9 Å². The van der Waals surface area contributed by atoms with E-state index in [9.17, 15) is 9.59 Å². The second-order valence-corrected chi connectivity index (χ2v) is 4.90. The molecule has 1 aliphatic rings. The molecule has 1 saturated carbocycles. The lowest BCUT2D eigenvalue weighted by Crippen LogP contribution is -2.32. The lowest BCUT2D eigenvalue weighted by molar-refractivity contribution is 0.0696. The zero-order chi connectivity index (χ0) is 13.1. The van der Waals surface area contributed by atoms with E-state index in [0.717, 1.165) is 5.56 Å². The van der Waals surface area contributed by atoms with Crippen LogP contribution in [0.1, 0.15) is 45.5 Å². The number of carbonyl (C=O) groups excluding carboxylic acids is 1. The van der Waals surface area contributed by atoms with Gasteiger partial charge in [-0.25, -0.2) is 4.79 Å². The summed E-state index contributed by atoms with van der Waals surface area (Å²) in [5, 5.41) is 11.8. The maximum atomic E-state index is 11.9. The third-order valence-corrected chi connectivity index (χ3v) is 3.36. The summed E-state index contributed by atoms with van der Waals surface area (Å²) in [5.41, 5.74) is 1.36. The summed E-state index contributed by atoms with van der Waals surface area (Å²) >= 11 is 0. The number of hydrogen-bond acceptors (Lipinski definition) is 2. The first kappa shape index (κ1) is 12.6. The van der Waals surface area contributed by atoms with Gasteiger partial charge < -0.3 is 10.4 Å². The lowest BCUT2D eigenvalue weighted by atomic mass is 9.85. The van der Waals surface area contributed by atoms with Crippen molar-refractivity contribution in [3.05, 3.63) is 34.9 Å². The number of rotatable bonds is 4. The van der Waals surface area contributed by atoms with Crippen molar-refractivity contribution in [2.24, 2.45) is 5.92 Å². The molecule has 0 aliphatic heterocycles. The van der Waals surface area contributed by atoms with Crippen molar-refractivity contribution in [1.82, 2.24) is 5.32 Å². The highest BCUT2D eigenvalue weighted by molar-refractivity contribution is 5.97. The van der Waals surface area contributed by atoms with Crippen LogP contribution in [0.4, 0.5) is 0 Å². The number of aryl methyl sites for hydroxylation is 1. The van der Waals surface area contributed by atoms with E-state index in [4.69, 9.17) is 5.11 Å². The Morgan fingerprint density at radius 2 is 1.94 bits per heavy atom. The minimum atomic E-state index is -1.01. The maximum absolute atomic E-state index is 11.9. The fourth-order valence-electron chi connectivity index (χ4n) is 2.07. The first-order valence-corrected chi connectivity index (χ1v) is 6.19. The van der Waals surface area contributed by atoms with Gasteiger partial charge in [-0.15, -0.1) is 0 Å². The number of carboxylic acid groups (broad SMARTS) is 1. The number of carboxylic acids is 1. The Balaban J connectivity index is 2.06. The average molecular weight is 247 g/mol. The van der Waals surface area contributed by atoms with E-state index in [2.05, 4.69) is 5.32 Å². The number of carbonyl (C=O) groups is 2. The summed E-state index contributed by atoms with van der Waals surface area (Å²) in [6.45, 7) is 2.48. The van der Waals surface area contributed by atoms with Crippen LogP contribution in [0, 0.1) is 12.8 Å². The number of hydrogen-bond donors (Lipinski definition) is 2. The van der Waals surface area contributed by atoms with E-state index in [0.29, 0.717) is 18.0 Å². The van der Waals surface area contributed by atoms with Crippen LogP contribution < -0.4 is 5.32 Å². The summed E-state index contributed by atoms with van der Waals surface area (Å²) in [5.74, 6) is -0.599. The van der Waals surface area contributed by atoms with Crippen LogP contribution in [0.25, 0.3) is 0 Å². The average Bonchev–Trinajstić information content (AvgIpc) is 2.25. The largest absolute Gasteiger partial charge is 0.478 e. The van der Waals surface area contributed by atoms with E-state index in [-0.39, 0.29) is 11.5 Å². The zero-order valence-electron chi connectivity index (χ0n) is 10.4. The molecule has 0 unspecified atom stereocenters. The first-order chi connectivity index (χ1) is 8.56. The van der Waals surface area contributed by atoms with Crippen LogP contribution in [-0.2, 0) is 0 Å². The summed E-state index contributed by atoms with van der Waals surface area (Å²) in [4.78, 5) is 22.8.